The second kappa shape index (κ2) is 12.2. The summed E-state index contributed by atoms with van der Waals surface area (Å²) in [5, 5.41) is 0.742. The molecule has 0 aliphatic carbocycles. The number of esters is 1. The van der Waals surface area contributed by atoms with Gasteiger partial charge in [-0.05, 0) is 57.6 Å². The molecule has 6 heteroatoms. The predicted molar refractivity (Wildman–Crippen MR) is 133 cm³/mol. The summed E-state index contributed by atoms with van der Waals surface area (Å²) in [4.78, 5) is 29.6. The summed E-state index contributed by atoms with van der Waals surface area (Å²) < 4.78 is 7.22. The van der Waals surface area contributed by atoms with E-state index in [1.807, 2.05) is 52.8 Å². The van der Waals surface area contributed by atoms with Gasteiger partial charge < -0.3 is 4.74 Å². The van der Waals surface area contributed by atoms with Gasteiger partial charge in [-0.1, -0.05) is 63.6 Å². The van der Waals surface area contributed by atoms with E-state index in [9.17, 15) is 9.59 Å². The van der Waals surface area contributed by atoms with Crippen molar-refractivity contribution >= 4 is 17.7 Å². The van der Waals surface area contributed by atoms with Crippen molar-refractivity contribution in [1.82, 2.24) is 9.55 Å². The molecule has 0 saturated carbocycles. The van der Waals surface area contributed by atoms with Crippen LogP contribution in [0.1, 0.15) is 71.4 Å². The number of carbonyl (C=O) groups is 1. The van der Waals surface area contributed by atoms with Crippen molar-refractivity contribution in [2.75, 3.05) is 12.4 Å². The predicted octanol–water partition coefficient (Wildman–Crippen LogP) is 5.98. The highest BCUT2D eigenvalue weighted by molar-refractivity contribution is 7.99. The van der Waals surface area contributed by atoms with Gasteiger partial charge in [-0.25, -0.2) is 4.98 Å². The normalized spacial score (nSPS) is 11.7. The molecule has 0 fully saturated rings. The SMILES string of the molecule is CCc1ccccc1-n1c(SCCCCCCOC(=O)C(C)(C)C(C)C)ncc(C)c1=O. The van der Waals surface area contributed by atoms with Crippen LogP contribution in [-0.4, -0.2) is 27.9 Å². The first-order chi connectivity index (χ1) is 15.2. The minimum absolute atomic E-state index is 0.00506. The number of aryl methyl sites for hydroxylation is 2. The van der Waals surface area contributed by atoms with Gasteiger partial charge in [0, 0.05) is 17.5 Å². The van der Waals surface area contributed by atoms with Crippen molar-refractivity contribution in [3.63, 3.8) is 0 Å². The van der Waals surface area contributed by atoms with Crippen molar-refractivity contribution in [2.24, 2.45) is 11.3 Å². The molecule has 0 amide bonds. The number of ether oxygens (including phenoxy) is 1. The van der Waals surface area contributed by atoms with E-state index in [4.69, 9.17) is 4.74 Å². The zero-order valence-corrected chi connectivity index (χ0v) is 21.3. The molecule has 1 aromatic heterocycles. The molecule has 0 aliphatic rings. The zero-order valence-electron chi connectivity index (χ0n) is 20.4. The van der Waals surface area contributed by atoms with Crippen molar-refractivity contribution in [1.29, 1.82) is 0 Å². The third-order valence-electron chi connectivity index (χ3n) is 6.19. The Morgan fingerprint density at radius 3 is 2.53 bits per heavy atom. The van der Waals surface area contributed by atoms with Gasteiger partial charge in [0.25, 0.3) is 5.56 Å². The van der Waals surface area contributed by atoms with E-state index in [1.54, 1.807) is 22.5 Å². The number of hydrogen-bond acceptors (Lipinski definition) is 5. The van der Waals surface area contributed by atoms with Crippen molar-refractivity contribution in [3.8, 4) is 5.69 Å². The molecule has 5 nitrogen and oxygen atoms in total. The number of hydrogen-bond donors (Lipinski definition) is 0. The van der Waals surface area contributed by atoms with Crippen molar-refractivity contribution in [2.45, 2.75) is 78.8 Å². The Labute approximate surface area is 197 Å². The standard InChI is InChI=1S/C26H38N2O3S/c1-7-21-14-10-11-15-22(21)28-23(29)20(4)18-27-25(28)32-17-13-9-8-12-16-31-24(30)26(5,6)19(2)3/h10-11,14-15,18-19H,7-9,12-13,16-17H2,1-6H3. The Hall–Kier alpha value is -2.08. The molecule has 0 aliphatic heterocycles. The van der Waals surface area contributed by atoms with E-state index in [0.717, 1.165) is 54.3 Å². The number of carbonyl (C=O) groups excluding carboxylic acids is 1. The third kappa shape index (κ3) is 6.71. The summed E-state index contributed by atoms with van der Waals surface area (Å²) in [6, 6.07) is 8.03. The van der Waals surface area contributed by atoms with Crippen LogP contribution in [0.3, 0.4) is 0 Å². The van der Waals surface area contributed by atoms with Crippen molar-refractivity contribution in [3.05, 3.63) is 51.9 Å². The van der Waals surface area contributed by atoms with Gasteiger partial charge in [0.15, 0.2) is 5.16 Å². The molecular formula is C26H38N2O3S. The molecule has 2 rings (SSSR count). The minimum Gasteiger partial charge on any atom is -0.465 e. The third-order valence-corrected chi connectivity index (χ3v) is 7.23. The minimum atomic E-state index is -0.441. The summed E-state index contributed by atoms with van der Waals surface area (Å²) in [5.74, 6) is 1.03. The summed E-state index contributed by atoms with van der Waals surface area (Å²) >= 11 is 1.63. The van der Waals surface area contributed by atoms with Gasteiger partial charge in [-0.15, -0.1) is 0 Å². The molecule has 2 aromatic rings. The van der Waals surface area contributed by atoms with E-state index in [2.05, 4.69) is 18.0 Å². The lowest BCUT2D eigenvalue weighted by Gasteiger charge is -2.26. The highest BCUT2D eigenvalue weighted by atomic mass is 32.2. The van der Waals surface area contributed by atoms with Gasteiger partial charge in [0.2, 0.25) is 0 Å². The zero-order chi connectivity index (χ0) is 23.7. The topological polar surface area (TPSA) is 61.2 Å². The van der Waals surface area contributed by atoms with Gasteiger partial charge in [-0.3, -0.25) is 14.2 Å². The smallest absolute Gasteiger partial charge is 0.311 e. The van der Waals surface area contributed by atoms with E-state index in [-0.39, 0.29) is 17.4 Å². The van der Waals surface area contributed by atoms with E-state index < -0.39 is 5.41 Å². The highest BCUT2D eigenvalue weighted by Crippen LogP contribution is 2.27. The molecule has 0 radical (unpaired) electrons. The number of rotatable bonds is 12. The van der Waals surface area contributed by atoms with Gasteiger partial charge in [0.05, 0.1) is 17.7 Å². The Morgan fingerprint density at radius 2 is 1.84 bits per heavy atom. The van der Waals surface area contributed by atoms with Crippen LogP contribution < -0.4 is 5.56 Å². The molecule has 0 bridgehead atoms. The number of nitrogens with zero attached hydrogens (tertiary/aromatic N) is 2. The maximum Gasteiger partial charge on any atom is 0.311 e. The Balaban J connectivity index is 1.85. The fourth-order valence-corrected chi connectivity index (χ4v) is 4.15. The van der Waals surface area contributed by atoms with E-state index in [0.29, 0.717) is 12.2 Å². The molecule has 0 unspecified atom stereocenters. The molecular weight excluding hydrogens is 420 g/mol. The number of benzene rings is 1. The number of aromatic nitrogens is 2. The average molecular weight is 459 g/mol. The molecule has 0 atom stereocenters. The molecule has 176 valence electrons. The first-order valence-corrected chi connectivity index (χ1v) is 12.7. The molecule has 1 heterocycles. The lowest BCUT2D eigenvalue weighted by atomic mass is 9.81. The highest BCUT2D eigenvalue weighted by Gasteiger charge is 2.32. The van der Waals surface area contributed by atoms with Crippen molar-refractivity contribution < 1.29 is 9.53 Å². The fourth-order valence-electron chi connectivity index (χ4n) is 3.18. The second-order valence-corrected chi connectivity index (χ2v) is 10.2. The van der Waals surface area contributed by atoms with Crippen LogP contribution in [0.2, 0.25) is 0 Å². The number of unbranched alkanes of at least 4 members (excludes halogenated alkanes) is 3. The maximum atomic E-state index is 12.9. The Morgan fingerprint density at radius 1 is 1.16 bits per heavy atom. The van der Waals surface area contributed by atoms with Gasteiger partial charge in [0.1, 0.15) is 0 Å². The van der Waals surface area contributed by atoms with E-state index >= 15 is 0 Å². The first kappa shape index (κ1) is 26.2. The summed E-state index contributed by atoms with van der Waals surface area (Å²) in [6.45, 7) is 12.4. The molecule has 0 N–H and O–H groups in total. The maximum absolute atomic E-state index is 12.9. The molecule has 0 spiro atoms. The van der Waals surface area contributed by atoms with Crippen LogP contribution >= 0.6 is 11.8 Å². The van der Waals surface area contributed by atoms with Gasteiger partial charge in [-0.2, -0.15) is 0 Å². The lowest BCUT2D eigenvalue weighted by Crippen LogP contribution is -2.32. The molecule has 32 heavy (non-hydrogen) atoms. The Kier molecular flexibility index (Phi) is 10.0. The van der Waals surface area contributed by atoms with Gasteiger partial charge >= 0.3 is 5.97 Å². The molecule has 0 saturated heterocycles. The summed E-state index contributed by atoms with van der Waals surface area (Å²) in [5.41, 5.74) is 2.26. The van der Waals surface area contributed by atoms with Crippen LogP contribution in [0.15, 0.2) is 40.4 Å². The fraction of sp³-hybridized carbons (Fsp3) is 0.577. The monoisotopic (exact) mass is 458 g/mol. The quantitative estimate of drug-likeness (QED) is 0.169. The largest absolute Gasteiger partial charge is 0.465 e. The Bertz CT molecular complexity index is 950. The average Bonchev–Trinajstić information content (AvgIpc) is 2.77. The number of para-hydroxylation sites is 1. The van der Waals surface area contributed by atoms with Crippen LogP contribution in [0.5, 0.6) is 0 Å². The second-order valence-electron chi connectivity index (χ2n) is 9.12. The summed E-state index contributed by atoms with van der Waals surface area (Å²) in [6.07, 6.45) is 6.50. The first-order valence-electron chi connectivity index (χ1n) is 11.7. The van der Waals surface area contributed by atoms with E-state index in [1.165, 1.54) is 0 Å². The lowest BCUT2D eigenvalue weighted by molar-refractivity contribution is -0.156. The summed E-state index contributed by atoms with van der Waals surface area (Å²) in [7, 11) is 0. The number of thioether (sulfide) groups is 1. The van der Waals surface area contributed by atoms with Crippen LogP contribution in [0, 0.1) is 18.3 Å². The van der Waals surface area contributed by atoms with Crippen LogP contribution in [-0.2, 0) is 16.0 Å². The van der Waals surface area contributed by atoms with Crippen LogP contribution in [0.4, 0.5) is 0 Å². The molecule has 1 aromatic carbocycles. The van der Waals surface area contributed by atoms with Crippen LogP contribution in [0.25, 0.3) is 5.69 Å².